The molecule has 0 heterocycles. The van der Waals surface area contributed by atoms with Crippen LogP contribution >= 0.6 is 0 Å². The van der Waals surface area contributed by atoms with E-state index in [2.05, 4.69) is 5.32 Å². The fraction of sp³-hybridized carbons (Fsp3) is 0.455. The highest BCUT2D eigenvalue weighted by Crippen LogP contribution is 2.14. The van der Waals surface area contributed by atoms with Crippen LogP contribution in [-0.4, -0.2) is 30.9 Å². The van der Waals surface area contributed by atoms with Crippen LogP contribution in [0, 0.1) is 5.82 Å². The van der Waals surface area contributed by atoms with E-state index in [9.17, 15) is 4.39 Å². The summed E-state index contributed by atoms with van der Waals surface area (Å²) in [6.07, 6.45) is -0.376. The third kappa shape index (κ3) is 4.76. The molecule has 0 aliphatic heterocycles. The van der Waals surface area contributed by atoms with Crippen molar-refractivity contribution in [2.75, 3.05) is 19.7 Å². The van der Waals surface area contributed by atoms with Crippen LogP contribution in [0.1, 0.15) is 6.92 Å². The molecule has 2 N–H and O–H groups in total. The fourth-order valence-corrected chi connectivity index (χ4v) is 1.11. The third-order valence-corrected chi connectivity index (χ3v) is 1.81. The molecule has 0 aliphatic carbocycles. The summed E-state index contributed by atoms with van der Waals surface area (Å²) in [5.74, 6) is -0.0932. The standard InChI is InChI=1S/C11H16FNO2/c1-9(14)8-13-6-7-15-11-5-3-2-4-10(11)12/h2-5,9,13-14H,6-8H2,1H3/t9-/m1/s1. The predicted octanol–water partition coefficient (Wildman–Crippen LogP) is 1.17. The van der Waals surface area contributed by atoms with E-state index in [1.165, 1.54) is 6.07 Å². The van der Waals surface area contributed by atoms with Gasteiger partial charge in [-0.1, -0.05) is 12.1 Å². The molecular formula is C11H16FNO2. The van der Waals surface area contributed by atoms with Crippen molar-refractivity contribution in [3.63, 3.8) is 0 Å². The first-order valence-corrected chi connectivity index (χ1v) is 4.96. The van der Waals surface area contributed by atoms with E-state index in [1.54, 1.807) is 25.1 Å². The Balaban J connectivity index is 2.18. The lowest BCUT2D eigenvalue weighted by molar-refractivity contribution is 0.187. The lowest BCUT2D eigenvalue weighted by Gasteiger charge is -2.09. The SMILES string of the molecule is C[C@@H](O)CNCCOc1ccccc1F. The molecule has 84 valence electrons. The first-order chi connectivity index (χ1) is 7.20. The fourth-order valence-electron chi connectivity index (χ4n) is 1.11. The summed E-state index contributed by atoms with van der Waals surface area (Å²) in [6.45, 7) is 3.18. The number of aliphatic hydroxyl groups is 1. The second-order valence-electron chi connectivity index (χ2n) is 3.33. The molecule has 1 atom stereocenters. The molecule has 3 nitrogen and oxygen atoms in total. The van der Waals surface area contributed by atoms with Gasteiger partial charge >= 0.3 is 0 Å². The Morgan fingerprint density at radius 2 is 2.20 bits per heavy atom. The van der Waals surface area contributed by atoms with Gasteiger partial charge in [-0.25, -0.2) is 4.39 Å². The number of nitrogens with one attached hydrogen (secondary N) is 1. The Labute approximate surface area is 88.9 Å². The van der Waals surface area contributed by atoms with Gasteiger partial charge in [0.2, 0.25) is 0 Å². The molecule has 4 heteroatoms. The number of para-hydroxylation sites is 1. The molecule has 0 aromatic heterocycles. The maximum atomic E-state index is 13.0. The molecule has 1 aromatic rings. The number of aliphatic hydroxyl groups excluding tert-OH is 1. The van der Waals surface area contributed by atoms with Gasteiger partial charge in [0.15, 0.2) is 11.6 Å². The van der Waals surface area contributed by atoms with Crippen LogP contribution in [-0.2, 0) is 0 Å². The molecule has 0 radical (unpaired) electrons. The number of ether oxygens (including phenoxy) is 1. The Morgan fingerprint density at radius 3 is 2.87 bits per heavy atom. The van der Waals surface area contributed by atoms with E-state index < -0.39 is 0 Å². The molecule has 0 fully saturated rings. The van der Waals surface area contributed by atoms with Crippen molar-refractivity contribution in [1.82, 2.24) is 5.32 Å². The van der Waals surface area contributed by atoms with Crippen molar-refractivity contribution in [2.24, 2.45) is 0 Å². The van der Waals surface area contributed by atoms with Gasteiger partial charge in [-0.3, -0.25) is 0 Å². The zero-order valence-corrected chi connectivity index (χ0v) is 8.74. The molecule has 0 saturated carbocycles. The van der Waals surface area contributed by atoms with Crippen LogP contribution in [0.15, 0.2) is 24.3 Å². The van der Waals surface area contributed by atoms with E-state index in [-0.39, 0.29) is 17.7 Å². The van der Waals surface area contributed by atoms with Gasteiger partial charge in [0.1, 0.15) is 6.61 Å². The Bertz CT molecular complexity index is 292. The highest BCUT2D eigenvalue weighted by atomic mass is 19.1. The quantitative estimate of drug-likeness (QED) is 0.697. The van der Waals surface area contributed by atoms with Crippen molar-refractivity contribution >= 4 is 0 Å². The molecule has 0 bridgehead atoms. The lowest BCUT2D eigenvalue weighted by atomic mass is 10.3. The summed E-state index contributed by atoms with van der Waals surface area (Å²) in [4.78, 5) is 0. The molecular weight excluding hydrogens is 197 g/mol. The number of halogens is 1. The van der Waals surface area contributed by atoms with Gasteiger partial charge in [0.25, 0.3) is 0 Å². The zero-order valence-electron chi connectivity index (χ0n) is 8.74. The summed E-state index contributed by atoms with van der Waals surface area (Å²) in [5, 5.41) is 11.9. The summed E-state index contributed by atoms with van der Waals surface area (Å²) < 4.78 is 18.2. The highest BCUT2D eigenvalue weighted by molar-refractivity contribution is 5.23. The van der Waals surface area contributed by atoms with Crippen LogP contribution in [0.2, 0.25) is 0 Å². The van der Waals surface area contributed by atoms with Crippen molar-refractivity contribution in [3.8, 4) is 5.75 Å². The Morgan fingerprint density at radius 1 is 1.47 bits per heavy atom. The minimum absolute atomic E-state index is 0.261. The summed E-state index contributed by atoms with van der Waals surface area (Å²) in [6, 6.07) is 6.29. The Kier molecular flexibility index (Phi) is 5.07. The van der Waals surface area contributed by atoms with Crippen LogP contribution in [0.25, 0.3) is 0 Å². The normalized spacial score (nSPS) is 12.5. The van der Waals surface area contributed by atoms with Crippen molar-refractivity contribution in [2.45, 2.75) is 13.0 Å². The first kappa shape index (κ1) is 11.9. The molecule has 0 aliphatic rings. The van der Waals surface area contributed by atoms with Gasteiger partial charge in [-0.2, -0.15) is 0 Å². The topological polar surface area (TPSA) is 41.5 Å². The zero-order chi connectivity index (χ0) is 11.1. The van der Waals surface area contributed by atoms with Crippen molar-refractivity contribution < 1.29 is 14.2 Å². The Hall–Kier alpha value is -1.13. The highest BCUT2D eigenvalue weighted by Gasteiger charge is 2.00. The molecule has 0 saturated heterocycles. The summed E-state index contributed by atoms with van der Waals surface area (Å²) >= 11 is 0. The van der Waals surface area contributed by atoms with E-state index in [1.807, 2.05) is 0 Å². The average molecular weight is 213 g/mol. The number of hydrogen-bond donors (Lipinski definition) is 2. The molecule has 0 unspecified atom stereocenters. The average Bonchev–Trinajstić information content (AvgIpc) is 2.20. The van der Waals surface area contributed by atoms with E-state index >= 15 is 0 Å². The van der Waals surface area contributed by atoms with Crippen LogP contribution in [0.3, 0.4) is 0 Å². The molecule has 15 heavy (non-hydrogen) atoms. The minimum atomic E-state index is -0.376. The molecule has 1 aromatic carbocycles. The van der Waals surface area contributed by atoms with E-state index in [0.29, 0.717) is 19.7 Å². The van der Waals surface area contributed by atoms with Gasteiger partial charge < -0.3 is 15.2 Å². The second-order valence-corrected chi connectivity index (χ2v) is 3.33. The monoisotopic (exact) mass is 213 g/mol. The largest absolute Gasteiger partial charge is 0.489 e. The van der Waals surface area contributed by atoms with Crippen molar-refractivity contribution in [1.29, 1.82) is 0 Å². The first-order valence-electron chi connectivity index (χ1n) is 4.96. The van der Waals surface area contributed by atoms with E-state index in [0.717, 1.165) is 0 Å². The van der Waals surface area contributed by atoms with Gasteiger partial charge in [0, 0.05) is 13.1 Å². The minimum Gasteiger partial charge on any atom is -0.489 e. The number of hydrogen-bond acceptors (Lipinski definition) is 3. The maximum Gasteiger partial charge on any atom is 0.165 e. The predicted molar refractivity (Wildman–Crippen MR) is 56.4 cm³/mol. The summed E-state index contributed by atoms with van der Waals surface area (Å²) in [5.41, 5.74) is 0. The maximum absolute atomic E-state index is 13.0. The molecule has 1 rings (SSSR count). The van der Waals surface area contributed by atoms with Gasteiger partial charge in [0.05, 0.1) is 6.10 Å². The summed E-state index contributed by atoms with van der Waals surface area (Å²) in [7, 11) is 0. The smallest absolute Gasteiger partial charge is 0.165 e. The van der Waals surface area contributed by atoms with Gasteiger partial charge in [-0.05, 0) is 19.1 Å². The second kappa shape index (κ2) is 6.37. The van der Waals surface area contributed by atoms with Gasteiger partial charge in [-0.15, -0.1) is 0 Å². The van der Waals surface area contributed by atoms with Crippen molar-refractivity contribution in [3.05, 3.63) is 30.1 Å². The number of rotatable bonds is 6. The molecule has 0 amide bonds. The third-order valence-electron chi connectivity index (χ3n) is 1.81. The van der Waals surface area contributed by atoms with Crippen LogP contribution in [0.4, 0.5) is 4.39 Å². The van der Waals surface area contributed by atoms with Crippen LogP contribution in [0.5, 0.6) is 5.75 Å². The van der Waals surface area contributed by atoms with Crippen LogP contribution < -0.4 is 10.1 Å². The molecule has 0 spiro atoms. The van der Waals surface area contributed by atoms with E-state index in [4.69, 9.17) is 9.84 Å². The number of benzene rings is 1. The lowest BCUT2D eigenvalue weighted by Crippen LogP contribution is -2.28.